The number of aryl methyl sites for hydroxylation is 1. The quantitative estimate of drug-likeness (QED) is 0.640. The summed E-state index contributed by atoms with van der Waals surface area (Å²) in [6.07, 6.45) is 2.56. The zero-order valence-electron chi connectivity index (χ0n) is 13.8. The van der Waals surface area contributed by atoms with Crippen molar-refractivity contribution in [2.75, 3.05) is 0 Å². The third kappa shape index (κ3) is 5.38. The number of hydrogen-bond acceptors (Lipinski definition) is 3. The topological polar surface area (TPSA) is 42.9 Å². The molecule has 0 radical (unpaired) electrons. The maximum absolute atomic E-state index is 12.3. The first-order valence-electron chi connectivity index (χ1n) is 7.75. The summed E-state index contributed by atoms with van der Waals surface area (Å²) in [5, 5.41) is 0.680. The van der Waals surface area contributed by atoms with Crippen molar-refractivity contribution in [1.29, 1.82) is 0 Å². The standard InChI is InChI=1S/C20H17ClN2O.ClH/c1-14-22-10-9-20(23-14)17-4-2-3-16(11-17)13-19(24)12-15-5-7-18(21)8-6-15;/h2-11H,12-13H2,1H3;1H. The molecule has 0 unspecified atom stereocenters. The highest BCUT2D eigenvalue weighted by Crippen LogP contribution is 2.19. The smallest absolute Gasteiger partial charge is 0.141 e. The Balaban J connectivity index is 0.00000225. The normalized spacial score (nSPS) is 10.2. The van der Waals surface area contributed by atoms with E-state index in [4.69, 9.17) is 11.6 Å². The lowest BCUT2D eigenvalue weighted by Gasteiger charge is -2.06. The summed E-state index contributed by atoms with van der Waals surface area (Å²) in [7, 11) is 0. The predicted octanol–water partition coefficient (Wildman–Crippen LogP) is 4.88. The highest BCUT2D eigenvalue weighted by Gasteiger charge is 2.07. The second-order valence-electron chi connectivity index (χ2n) is 5.71. The number of rotatable bonds is 5. The van der Waals surface area contributed by atoms with Gasteiger partial charge >= 0.3 is 0 Å². The molecule has 0 aliphatic carbocycles. The van der Waals surface area contributed by atoms with Gasteiger partial charge in [-0.1, -0.05) is 41.9 Å². The van der Waals surface area contributed by atoms with Crippen molar-refractivity contribution in [2.24, 2.45) is 0 Å². The Morgan fingerprint density at radius 3 is 2.44 bits per heavy atom. The van der Waals surface area contributed by atoms with Gasteiger partial charge in [0.25, 0.3) is 0 Å². The van der Waals surface area contributed by atoms with Gasteiger partial charge in [-0.05, 0) is 42.3 Å². The summed E-state index contributed by atoms with van der Waals surface area (Å²) < 4.78 is 0. The third-order valence-electron chi connectivity index (χ3n) is 3.71. The highest BCUT2D eigenvalue weighted by molar-refractivity contribution is 6.30. The zero-order chi connectivity index (χ0) is 16.9. The molecule has 0 saturated carbocycles. The number of aromatic nitrogens is 2. The van der Waals surface area contributed by atoms with Gasteiger partial charge in [0.2, 0.25) is 0 Å². The first-order valence-corrected chi connectivity index (χ1v) is 8.13. The van der Waals surface area contributed by atoms with Gasteiger partial charge in [0.05, 0.1) is 5.69 Å². The van der Waals surface area contributed by atoms with Crippen molar-refractivity contribution in [3.63, 3.8) is 0 Å². The van der Waals surface area contributed by atoms with E-state index in [0.717, 1.165) is 28.2 Å². The van der Waals surface area contributed by atoms with E-state index in [-0.39, 0.29) is 18.2 Å². The molecule has 2 aromatic carbocycles. The molecule has 3 rings (SSSR count). The van der Waals surface area contributed by atoms with Crippen LogP contribution in [0.3, 0.4) is 0 Å². The molecule has 0 amide bonds. The van der Waals surface area contributed by atoms with Crippen LogP contribution < -0.4 is 0 Å². The molecule has 0 fully saturated rings. The van der Waals surface area contributed by atoms with Gasteiger partial charge in [-0.15, -0.1) is 12.4 Å². The number of ketones is 1. The Labute approximate surface area is 158 Å². The largest absolute Gasteiger partial charge is 0.299 e. The van der Waals surface area contributed by atoms with Crippen LogP contribution in [0.25, 0.3) is 11.3 Å². The maximum atomic E-state index is 12.3. The van der Waals surface area contributed by atoms with Crippen LogP contribution in [-0.4, -0.2) is 15.8 Å². The predicted molar refractivity (Wildman–Crippen MR) is 103 cm³/mol. The van der Waals surface area contributed by atoms with Gasteiger partial charge in [0.15, 0.2) is 0 Å². The zero-order valence-corrected chi connectivity index (χ0v) is 15.3. The molecule has 3 nitrogen and oxygen atoms in total. The fourth-order valence-corrected chi connectivity index (χ4v) is 2.70. The van der Waals surface area contributed by atoms with Gasteiger partial charge in [0, 0.05) is 29.6 Å². The number of Topliss-reactive ketones (excluding diaryl/α,β-unsaturated/α-hetero) is 1. The number of hydrogen-bond donors (Lipinski definition) is 0. The molecular weight excluding hydrogens is 355 g/mol. The van der Waals surface area contributed by atoms with Crippen molar-refractivity contribution in [1.82, 2.24) is 9.97 Å². The van der Waals surface area contributed by atoms with Crippen LogP contribution in [0.4, 0.5) is 0 Å². The van der Waals surface area contributed by atoms with Gasteiger partial charge in [0.1, 0.15) is 11.6 Å². The van der Waals surface area contributed by atoms with Crippen molar-refractivity contribution in [3.05, 3.63) is 82.8 Å². The molecule has 1 aromatic heterocycles. The Bertz CT molecular complexity index is 864. The van der Waals surface area contributed by atoms with E-state index < -0.39 is 0 Å². The lowest BCUT2D eigenvalue weighted by Crippen LogP contribution is -2.06. The summed E-state index contributed by atoms with van der Waals surface area (Å²) in [5.74, 6) is 0.907. The Morgan fingerprint density at radius 2 is 1.72 bits per heavy atom. The van der Waals surface area contributed by atoms with Crippen molar-refractivity contribution < 1.29 is 4.79 Å². The highest BCUT2D eigenvalue weighted by atomic mass is 35.5. The van der Waals surface area contributed by atoms with E-state index >= 15 is 0 Å². The third-order valence-corrected chi connectivity index (χ3v) is 3.97. The van der Waals surface area contributed by atoms with Gasteiger partial charge in [-0.25, -0.2) is 9.97 Å². The van der Waals surface area contributed by atoms with E-state index in [1.54, 1.807) is 6.20 Å². The molecule has 128 valence electrons. The minimum atomic E-state index is 0. The van der Waals surface area contributed by atoms with E-state index in [9.17, 15) is 4.79 Å². The Kier molecular flexibility index (Phi) is 6.68. The average Bonchev–Trinajstić information content (AvgIpc) is 2.57. The molecule has 0 atom stereocenters. The second-order valence-corrected chi connectivity index (χ2v) is 6.14. The fourth-order valence-electron chi connectivity index (χ4n) is 2.58. The summed E-state index contributed by atoms with van der Waals surface area (Å²) in [4.78, 5) is 20.9. The lowest BCUT2D eigenvalue weighted by molar-refractivity contribution is -0.117. The Hall–Kier alpha value is -2.23. The van der Waals surface area contributed by atoms with E-state index in [1.807, 2.05) is 61.5 Å². The van der Waals surface area contributed by atoms with Crippen LogP contribution in [0, 0.1) is 6.92 Å². The number of benzene rings is 2. The molecule has 1 heterocycles. The number of halogens is 2. The van der Waals surface area contributed by atoms with Crippen LogP contribution in [0.2, 0.25) is 5.02 Å². The average molecular weight is 373 g/mol. The molecule has 0 N–H and O–H groups in total. The minimum Gasteiger partial charge on any atom is -0.299 e. The molecule has 0 aliphatic rings. The van der Waals surface area contributed by atoms with Crippen LogP contribution in [0.15, 0.2) is 60.8 Å². The molecule has 0 aliphatic heterocycles. The molecule has 5 heteroatoms. The summed E-state index contributed by atoms with van der Waals surface area (Å²) in [6.45, 7) is 1.86. The van der Waals surface area contributed by atoms with Crippen LogP contribution >= 0.6 is 24.0 Å². The number of carbonyl (C=O) groups is 1. The molecule has 0 bridgehead atoms. The molecular formula is C20H18Cl2N2O. The summed E-state index contributed by atoms with van der Waals surface area (Å²) in [5.41, 5.74) is 3.83. The van der Waals surface area contributed by atoms with Crippen LogP contribution in [0.5, 0.6) is 0 Å². The molecule has 3 aromatic rings. The van der Waals surface area contributed by atoms with Crippen molar-refractivity contribution in [3.8, 4) is 11.3 Å². The molecule has 0 spiro atoms. The van der Waals surface area contributed by atoms with Crippen molar-refractivity contribution >= 4 is 29.8 Å². The molecule has 25 heavy (non-hydrogen) atoms. The first kappa shape index (κ1) is 19.1. The lowest BCUT2D eigenvalue weighted by atomic mass is 10.0. The van der Waals surface area contributed by atoms with Crippen LogP contribution in [-0.2, 0) is 17.6 Å². The summed E-state index contributed by atoms with van der Waals surface area (Å²) in [6, 6.07) is 17.2. The minimum absolute atomic E-state index is 0. The second kappa shape index (κ2) is 8.75. The maximum Gasteiger partial charge on any atom is 0.141 e. The fraction of sp³-hybridized carbons (Fsp3) is 0.150. The van der Waals surface area contributed by atoms with Crippen molar-refractivity contribution in [2.45, 2.75) is 19.8 Å². The van der Waals surface area contributed by atoms with Gasteiger partial charge in [-0.2, -0.15) is 0 Å². The molecule has 0 saturated heterocycles. The summed E-state index contributed by atoms with van der Waals surface area (Å²) >= 11 is 5.87. The SMILES string of the molecule is Cc1nccc(-c2cccc(CC(=O)Cc3ccc(Cl)cc3)c2)n1.Cl. The van der Waals surface area contributed by atoms with E-state index in [0.29, 0.717) is 17.9 Å². The first-order chi connectivity index (χ1) is 11.6. The van der Waals surface area contributed by atoms with Gasteiger partial charge in [-0.3, -0.25) is 4.79 Å². The monoisotopic (exact) mass is 372 g/mol. The van der Waals surface area contributed by atoms with E-state index in [2.05, 4.69) is 9.97 Å². The number of carbonyl (C=O) groups excluding carboxylic acids is 1. The Morgan fingerprint density at radius 1 is 1.00 bits per heavy atom. The van der Waals surface area contributed by atoms with E-state index in [1.165, 1.54) is 0 Å². The number of nitrogens with zero attached hydrogens (tertiary/aromatic N) is 2. The van der Waals surface area contributed by atoms with Crippen LogP contribution in [0.1, 0.15) is 17.0 Å². The van der Waals surface area contributed by atoms with Gasteiger partial charge < -0.3 is 0 Å².